The van der Waals surface area contributed by atoms with Crippen LogP contribution in [0.2, 0.25) is 0 Å². The lowest BCUT2D eigenvalue weighted by atomic mass is 9.97. The van der Waals surface area contributed by atoms with Gasteiger partial charge in [-0.3, -0.25) is 0 Å². The Balaban J connectivity index is 1.74. The smallest absolute Gasteiger partial charge is 0.109 e. The van der Waals surface area contributed by atoms with E-state index in [1.54, 1.807) is 0 Å². The zero-order valence-corrected chi connectivity index (χ0v) is 12.0. The van der Waals surface area contributed by atoms with Crippen molar-refractivity contribution in [1.82, 2.24) is 15.3 Å². The quantitative estimate of drug-likeness (QED) is 0.750. The fourth-order valence-electron chi connectivity index (χ4n) is 3.24. The van der Waals surface area contributed by atoms with Crippen molar-refractivity contribution in [3.05, 3.63) is 54.5 Å². The first-order valence-corrected chi connectivity index (χ1v) is 7.65. The molecule has 2 N–H and O–H groups in total. The van der Waals surface area contributed by atoms with Crippen molar-refractivity contribution >= 4 is 10.8 Å². The second kappa shape index (κ2) is 5.34. The van der Waals surface area contributed by atoms with Gasteiger partial charge in [0.05, 0.1) is 11.9 Å². The van der Waals surface area contributed by atoms with E-state index in [1.807, 2.05) is 6.20 Å². The first-order valence-electron chi connectivity index (χ1n) is 7.65. The summed E-state index contributed by atoms with van der Waals surface area (Å²) in [5.74, 6) is 1.70. The molecule has 0 radical (unpaired) electrons. The van der Waals surface area contributed by atoms with Crippen LogP contribution in [0.1, 0.15) is 24.6 Å². The molecule has 2 aromatic carbocycles. The van der Waals surface area contributed by atoms with Gasteiger partial charge in [-0.2, -0.15) is 0 Å². The highest BCUT2D eigenvalue weighted by atomic mass is 14.9. The number of piperidine rings is 1. The number of aromatic amines is 1. The minimum Gasteiger partial charge on any atom is -0.342 e. The third kappa shape index (κ3) is 2.34. The van der Waals surface area contributed by atoms with Gasteiger partial charge in [0.15, 0.2) is 0 Å². The summed E-state index contributed by atoms with van der Waals surface area (Å²) in [6.45, 7) is 2.18. The number of imidazole rings is 1. The summed E-state index contributed by atoms with van der Waals surface area (Å²) in [7, 11) is 0. The molecule has 0 bridgehead atoms. The second-order valence-electron chi connectivity index (χ2n) is 5.73. The Bertz CT molecular complexity index is 749. The maximum atomic E-state index is 4.64. The highest BCUT2D eigenvalue weighted by molar-refractivity contribution is 5.95. The zero-order chi connectivity index (χ0) is 14.1. The molecule has 3 aromatic rings. The van der Waals surface area contributed by atoms with Crippen LogP contribution in [0.15, 0.2) is 48.7 Å². The molecule has 1 aliphatic heterocycles. The van der Waals surface area contributed by atoms with Crippen LogP contribution < -0.4 is 5.32 Å². The van der Waals surface area contributed by atoms with Gasteiger partial charge in [-0.05, 0) is 36.7 Å². The third-order valence-electron chi connectivity index (χ3n) is 4.40. The lowest BCUT2D eigenvalue weighted by molar-refractivity contribution is 0.447. The molecule has 0 unspecified atom stereocenters. The molecule has 1 saturated heterocycles. The minimum atomic E-state index is 0.565. The number of H-pyrrole nitrogens is 1. The van der Waals surface area contributed by atoms with Gasteiger partial charge in [-0.25, -0.2) is 4.98 Å². The highest BCUT2D eigenvalue weighted by Crippen LogP contribution is 2.29. The van der Waals surface area contributed by atoms with Crippen LogP contribution in [0.3, 0.4) is 0 Å². The van der Waals surface area contributed by atoms with E-state index in [1.165, 1.54) is 29.2 Å². The van der Waals surface area contributed by atoms with Crippen LogP contribution in [0.25, 0.3) is 22.0 Å². The molecule has 0 amide bonds. The Morgan fingerprint density at radius 2 is 1.76 bits per heavy atom. The van der Waals surface area contributed by atoms with Crippen molar-refractivity contribution in [2.24, 2.45) is 0 Å². The molecule has 1 fully saturated rings. The van der Waals surface area contributed by atoms with E-state index in [0.717, 1.165) is 24.6 Å². The SMILES string of the molecule is c1ccc2c(-c3cnc(C4CCNCC4)[nH]3)cccc2c1. The molecular weight excluding hydrogens is 258 g/mol. The van der Waals surface area contributed by atoms with Crippen molar-refractivity contribution in [3.8, 4) is 11.3 Å². The predicted octanol–water partition coefficient (Wildman–Crippen LogP) is 3.70. The van der Waals surface area contributed by atoms with E-state index in [9.17, 15) is 0 Å². The normalized spacial score (nSPS) is 16.4. The van der Waals surface area contributed by atoms with E-state index >= 15 is 0 Å². The molecule has 3 nitrogen and oxygen atoms in total. The van der Waals surface area contributed by atoms with Gasteiger partial charge >= 0.3 is 0 Å². The van der Waals surface area contributed by atoms with E-state index < -0.39 is 0 Å². The number of nitrogens with one attached hydrogen (secondary N) is 2. The summed E-state index contributed by atoms with van der Waals surface area (Å²) in [5, 5.41) is 5.96. The molecule has 0 spiro atoms. The summed E-state index contributed by atoms with van der Waals surface area (Å²) in [5.41, 5.74) is 2.36. The van der Waals surface area contributed by atoms with Crippen LogP contribution in [0.4, 0.5) is 0 Å². The number of rotatable bonds is 2. The third-order valence-corrected chi connectivity index (χ3v) is 4.40. The van der Waals surface area contributed by atoms with Crippen molar-refractivity contribution in [2.45, 2.75) is 18.8 Å². The largest absolute Gasteiger partial charge is 0.342 e. The average molecular weight is 277 g/mol. The van der Waals surface area contributed by atoms with Crippen molar-refractivity contribution in [3.63, 3.8) is 0 Å². The Kier molecular flexibility index (Phi) is 3.20. The van der Waals surface area contributed by atoms with Crippen molar-refractivity contribution < 1.29 is 0 Å². The van der Waals surface area contributed by atoms with Gasteiger partial charge in [-0.1, -0.05) is 42.5 Å². The van der Waals surface area contributed by atoms with Crippen LogP contribution in [0, 0.1) is 0 Å². The molecule has 106 valence electrons. The topological polar surface area (TPSA) is 40.7 Å². The molecule has 0 aliphatic carbocycles. The maximum absolute atomic E-state index is 4.64. The fraction of sp³-hybridized carbons (Fsp3) is 0.278. The molecule has 0 atom stereocenters. The van der Waals surface area contributed by atoms with E-state index in [0.29, 0.717) is 5.92 Å². The molecule has 2 heterocycles. The Hall–Kier alpha value is -2.13. The number of hydrogen-bond donors (Lipinski definition) is 2. The van der Waals surface area contributed by atoms with Gasteiger partial charge in [0, 0.05) is 11.5 Å². The molecule has 1 aromatic heterocycles. The van der Waals surface area contributed by atoms with Crippen LogP contribution in [0.5, 0.6) is 0 Å². The van der Waals surface area contributed by atoms with Crippen molar-refractivity contribution in [1.29, 1.82) is 0 Å². The van der Waals surface area contributed by atoms with Crippen LogP contribution in [-0.4, -0.2) is 23.1 Å². The molecular formula is C18H19N3. The van der Waals surface area contributed by atoms with Gasteiger partial charge in [0.25, 0.3) is 0 Å². The first kappa shape index (κ1) is 12.6. The lowest BCUT2D eigenvalue weighted by Crippen LogP contribution is -2.27. The Morgan fingerprint density at radius 1 is 0.952 bits per heavy atom. The number of benzene rings is 2. The standard InChI is InChI=1S/C18H19N3/c1-2-6-15-13(4-1)5-3-7-16(15)17-12-20-18(21-17)14-8-10-19-11-9-14/h1-7,12,14,19H,8-11H2,(H,20,21). The van der Waals surface area contributed by atoms with Crippen LogP contribution in [-0.2, 0) is 0 Å². The Labute approximate surface area is 124 Å². The first-order chi connectivity index (χ1) is 10.4. The van der Waals surface area contributed by atoms with Gasteiger partial charge in [0.2, 0.25) is 0 Å². The molecule has 21 heavy (non-hydrogen) atoms. The summed E-state index contributed by atoms with van der Waals surface area (Å²) in [4.78, 5) is 8.19. The summed E-state index contributed by atoms with van der Waals surface area (Å²) in [6.07, 6.45) is 4.32. The Morgan fingerprint density at radius 3 is 2.67 bits per heavy atom. The van der Waals surface area contributed by atoms with E-state index in [4.69, 9.17) is 0 Å². The number of aromatic nitrogens is 2. The number of nitrogens with zero attached hydrogens (tertiary/aromatic N) is 1. The highest BCUT2D eigenvalue weighted by Gasteiger charge is 2.18. The average Bonchev–Trinajstić information content (AvgIpc) is 3.05. The fourth-order valence-corrected chi connectivity index (χ4v) is 3.24. The summed E-state index contributed by atoms with van der Waals surface area (Å²) in [6, 6.07) is 14.9. The van der Waals surface area contributed by atoms with E-state index in [2.05, 4.69) is 57.7 Å². The lowest BCUT2D eigenvalue weighted by Gasteiger charge is -2.20. The van der Waals surface area contributed by atoms with E-state index in [-0.39, 0.29) is 0 Å². The molecule has 1 aliphatic rings. The summed E-state index contributed by atoms with van der Waals surface area (Å²) < 4.78 is 0. The zero-order valence-electron chi connectivity index (χ0n) is 12.0. The van der Waals surface area contributed by atoms with Crippen molar-refractivity contribution in [2.75, 3.05) is 13.1 Å². The van der Waals surface area contributed by atoms with Crippen LogP contribution >= 0.6 is 0 Å². The maximum Gasteiger partial charge on any atom is 0.109 e. The van der Waals surface area contributed by atoms with Gasteiger partial charge in [0.1, 0.15) is 5.82 Å². The monoisotopic (exact) mass is 277 g/mol. The summed E-state index contributed by atoms with van der Waals surface area (Å²) >= 11 is 0. The molecule has 3 heteroatoms. The predicted molar refractivity (Wildman–Crippen MR) is 86.4 cm³/mol. The molecule has 0 saturated carbocycles. The minimum absolute atomic E-state index is 0.565. The van der Waals surface area contributed by atoms with Gasteiger partial charge in [-0.15, -0.1) is 0 Å². The second-order valence-corrected chi connectivity index (χ2v) is 5.73. The number of hydrogen-bond acceptors (Lipinski definition) is 2. The number of fused-ring (bicyclic) bond motifs is 1. The van der Waals surface area contributed by atoms with Gasteiger partial charge < -0.3 is 10.3 Å². The molecule has 4 rings (SSSR count).